The van der Waals surface area contributed by atoms with Crippen molar-refractivity contribution >= 4 is 22.8 Å². The van der Waals surface area contributed by atoms with E-state index in [0.717, 1.165) is 35.1 Å². The Kier molecular flexibility index (Phi) is 7.39. The number of esters is 1. The smallest absolute Gasteiger partial charge is 0.339 e. The number of rotatable bonds is 10. The summed E-state index contributed by atoms with van der Waals surface area (Å²) >= 11 is 0. The summed E-state index contributed by atoms with van der Waals surface area (Å²) < 4.78 is 21.0. The minimum absolute atomic E-state index is 0.0253. The van der Waals surface area contributed by atoms with Crippen LogP contribution in [0.4, 0.5) is 0 Å². The van der Waals surface area contributed by atoms with Crippen LogP contribution < -0.4 is 15.1 Å². The zero-order valence-corrected chi connectivity index (χ0v) is 20.2. The van der Waals surface area contributed by atoms with Gasteiger partial charge in [-0.05, 0) is 61.6 Å². The van der Waals surface area contributed by atoms with Crippen LogP contribution in [0.15, 0.2) is 51.7 Å². The molecular weight excluding hydrogens is 450 g/mol. The molecule has 0 radical (unpaired) electrons. The lowest BCUT2D eigenvalue weighted by Crippen LogP contribution is -2.36. The quantitative estimate of drug-likeness (QED) is 0.323. The van der Waals surface area contributed by atoms with Crippen LogP contribution in [-0.2, 0) is 27.3 Å². The van der Waals surface area contributed by atoms with Gasteiger partial charge in [-0.15, -0.1) is 0 Å². The fourth-order valence-corrected chi connectivity index (χ4v) is 4.05. The number of nitrogens with zero attached hydrogens (tertiary/aromatic N) is 1. The molecule has 1 saturated carbocycles. The minimum Gasteiger partial charge on any atom is -0.497 e. The Labute approximate surface area is 203 Å². The van der Waals surface area contributed by atoms with Crippen molar-refractivity contribution in [3.05, 3.63) is 69.6 Å². The third kappa shape index (κ3) is 5.82. The first-order valence-electron chi connectivity index (χ1n) is 11.6. The Morgan fingerprint density at radius 2 is 1.71 bits per heavy atom. The van der Waals surface area contributed by atoms with Gasteiger partial charge < -0.3 is 23.5 Å². The zero-order chi connectivity index (χ0) is 24.9. The van der Waals surface area contributed by atoms with E-state index >= 15 is 0 Å². The maximum Gasteiger partial charge on any atom is 0.339 e. The second-order valence-electron chi connectivity index (χ2n) is 8.62. The Morgan fingerprint density at radius 3 is 2.37 bits per heavy atom. The number of carbonyl (C=O) groups is 2. The van der Waals surface area contributed by atoms with Crippen molar-refractivity contribution in [2.45, 2.75) is 45.2 Å². The van der Waals surface area contributed by atoms with Crippen LogP contribution in [0.25, 0.3) is 11.0 Å². The molecule has 0 spiro atoms. The van der Waals surface area contributed by atoms with Crippen LogP contribution in [-0.4, -0.2) is 43.6 Å². The molecule has 1 aliphatic rings. The molecule has 0 saturated heterocycles. The van der Waals surface area contributed by atoms with Crippen molar-refractivity contribution < 1.29 is 28.2 Å². The summed E-state index contributed by atoms with van der Waals surface area (Å²) in [4.78, 5) is 39.4. The highest BCUT2D eigenvalue weighted by atomic mass is 16.5. The summed E-state index contributed by atoms with van der Waals surface area (Å²) in [7, 11) is 3.15. The first-order valence-corrected chi connectivity index (χ1v) is 11.6. The van der Waals surface area contributed by atoms with Crippen molar-refractivity contribution in [1.82, 2.24) is 4.90 Å². The predicted molar refractivity (Wildman–Crippen MR) is 130 cm³/mol. The first kappa shape index (κ1) is 24.3. The average molecular weight is 480 g/mol. The van der Waals surface area contributed by atoms with E-state index in [-0.39, 0.29) is 31.4 Å². The van der Waals surface area contributed by atoms with E-state index in [1.54, 1.807) is 31.3 Å². The summed E-state index contributed by atoms with van der Waals surface area (Å²) in [5.41, 5.74) is 2.09. The third-order valence-electron chi connectivity index (χ3n) is 6.25. The molecule has 184 valence electrons. The lowest BCUT2D eigenvalue weighted by atomic mass is 10.0. The Morgan fingerprint density at radius 1 is 1.03 bits per heavy atom. The largest absolute Gasteiger partial charge is 0.497 e. The van der Waals surface area contributed by atoms with Gasteiger partial charge in [0.2, 0.25) is 0 Å². The molecular formula is C27H29NO7. The highest BCUT2D eigenvalue weighted by Gasteiger charge is 2.33. The number of benzene rings is 2. The van der Waals surface area contributed by atoms with E-state index < -0.39 is 11.6 Å². The Bertz CT molecular complexity index is 1280. The molecule has 1 amide bonds. The van der Waals surface area contributed by atoms with Crippen LogP contribution in [0.2, 0.25) is 0 Å². The number of amides is 1. The molecule has 3 aromatic rings. The molecule has 0 aliphatic heterocycles. The second kappa shape index (κ2) is 10.6. The molecule has 8 nitrogen and oxygen atoms in total. The first-order chi connectivity index (χ1) is 16.9. The monoisotopic (exact) mass is 479 g/mol. The normalized spacial score (nSPS) is 12.9. The van der Waals surface area contributed by atoms with E-state index in [9.17, 15) is 14.4 Å². The van der Waals surface area contributed by atoms with Gasteiger partial charge in [-0.25, -0.2) is 4.79 Å². The summed E-state index contributed by atoms with van der Waals surface area (Å²) in [5, 5.41) is 0.780. The van der Waals surface area contributed by atoms with Gasteiger partial charge in [0.05, 0.1) is 14.2 Å². The fourth-order valence-electron chi connectivity index (χ4n) is 4.05. The Hall–Kier alpha value is -3.81. The van der Waals surface area contributed by atoms with Gasteiger partial charge in [0.25, 0.3) is 5.91 Å². The highest BCUT2D eigenvalue weighted by molar-refractivity contribution is 5.83. The van der Waals surface area contributed by atoms with Gasteiger partial charge in [0.1, 0.15) is 17.1 Å². The second-order valence-corrected chi connectivity index (χ2v) is 8.62. The van der Waals surface area contributed by atoms with Gasteiger partial charge in [0, 0.05) is 36.0 Å². The summed E-state index contributed by atoms with van der Waals surface area (Å²) in [6.07, 6.45) is 2.03. The summed E-state index contributed by atoms with van der Waals surface area (Å²) in [6.45, 7) is 1.95. The number of carbonyl (C=O) groups excluding carboxylic acids is 2. The Balaban J connectivity index is 1.34. The van der Waals surface area contributed by atoms with Gasteiger partial charge in [0.15, 0.2) is 6.61 Å². The van der Waals surface area contributed by atoms with Crippen molar-refractivity contribution in [1.29, 1.82) is 0 Å². The molecule has 4 rings (SSSR count). The highest BCUT2D eigenvalue weighted by Crippen LogP contribution is 2.29. The van der Waals surface area contributed by atoms with Crippen LogP contribution in [0.5, 0.6) is 11.5 Å². The topological polar surface area (TPSA) is 95.3 Å². The molecule has 0 N–H and O–H groups in total. The molecule has 1 heterocycles. The number of ether oxygens (including phenoxy) is 3. The van der Waals surface area contributed by atoms with Crippen LogP contribution in [0.1, 0.15) is 36.0 Å². The molecule has 0 atom stereocenters. The lowest BCUT2D eigenvalue weighted by molar-refractivity contribution is -0.152. The minimum atomic E-state index is -0.535. The van der Waals surface area contributed by atoms with E-state index in [2.05, 4.69) is 0 Å². The molecule has 8 heteroatoms. The van der Waals surface area contributed by atoms with Gasteiger partial charge in [-0.3, -0.25) is 9.59 Å². The standard InChI is InChI=1S/C27H29NO7/c1-17-22-11-10-21(33-3)14-24(22)35-27(31)23(17)12-13-26(30)34-16-25(29)28(19-6-7-19)15-18-4-8-20(32-2)9-5-18/h4-5,8-11,14,19H,6-7,12-13,15-16H2,1-3H3. The number of methoxy groups -OCH3 is 2. The third-order valence-corrected chi connectivity index (χ3v) is 6.25. The van der Waals surface area contributed by atoms with Crippen molar-refractivity contribution in [3.63, 3.8) is 0 Å². The molecule has 2 aromatic carbocycles. The van der Waals surface area contributed by atoms with Crippen molar-refractivity contribution in [2.75, 3.05) is 20.8 Å². The number of fused-ring (bicyclic) bond motifs is 1. The predicted octanol–water partition coefficient (Wildman–Crippen LogP) is 3.79. The number of hydrogen-bond donors (Lipinski definition) is 0. The van der Waals surface area contributed by atoms with Crippen LogP contribution in [0, 0.1) is 6.92 Å². The molecule has 35 heavy (non-hydrogen) atoms. The summed E-state index contributed by atoms with van der Waals surface area (Å²) in [5.74, 6) is 0.579. The molecule has 0 unspecified atom stereocenters. The van der Waals surface area contributed by atoms with Gasteiger partial charge in [-0.2, -0.15) is 0 Å². The molecule has 0 bridgehead atoms. The zero-order valence-electron chi connectivity index (χ0n) is 20.2. The average Bonchev–Trinajstić information content (AvgIpc) is 3.71. The number of hydrogen-bond acceptors (Lipinski definition) is 7. The molecule has 1 aromatic heterocycles. The van der Waals surface area contributed by atoms with Crippen molar-refractivity contribution in [2.24, 2.45) is 0 Å². The van der Waals surface area contributed by atoms with E-state index in [4.69, 9.17) is 18.6 Å². The molecule has 1 aliphatic carbocycles. The number of aryl methyl sites for hydroxylation is 1. The van der Waals surface area contributed by atoms with Gasteiger partial charge >= 0.3 is 11.6 Å². The molecule has 1 fully saturated rings. The van der Waals surface area contributed by atoms with E-state index in [1.807, 2.05) is 37.3 Å². The SMILES string of the molecule is COc1ccc(CN(C(=O)COC(=O)CCc2c(C)c3ccc(OC)cc3oc2=O)C2CC2)cc1. The lowest BCUT2D eigenvalue weighted by Gasteiger charge is -2.22. The van der Waals surface area contributed by atoms with Gasteiger partial charge in [-0.1, -0.05) is 12.1 Å². The maximum atomic E-state index is 12.8. The van der Waals surface area contributed by atoms with E-state index in [0.29, 0.717) is 23.4 Å². The van der Waals surface area contributed by atoms with Crippen molar-refractivity contribution in [3.8, 4) is 11.5 Å². The fraction of sp³-hybridized carbons (Fsp3) is 0.370. The maximum absolute atomic E-state index is 12.8. The summed E-state index contributed by atoms with van der Waals surface area (Å²) in [6, 6.07) is 13.0. The van der Waals surface area contributed by atoms with E-state index in [1.165, 1.54) is 0 Å². The van der Waals surface area contributed by atoms with Crippen LogP contribution >= 0.6 is 0 Å². The van der Waals surface area contributed by atoms with Crippen LogP contribution in [0.3, 0.4) is 0 Å².